The summed E-state index contributed by atoms with van der Waals surface area (Å²) >= 11 is 6.40. The molecule has 1 aromatic heterocycles. The third-order valence-electron chi connectivity index (χ3n) is 4.32. The molecule has 0 fully saturated rings. The van der Waals surface area contributed by atoms with E-state index in [1.165, 1.54) is 0 Å². The Bertz CT molecular complexity index is 978. The minimum atomic E-state index is -0.352. The minimum absolute atomic E-state index is 0.236. The van der Waals surface area contributed by atoms with Crippen LogP contribution in [0.4, 0.5) is 0 Å². The number of fused-ring (bicyclic) bond motifs is 1. The van der Waals surface area contributed by atoms with Gasteiger partial charge in [-0.3, -0.25) is 4.57 Å². The number of ether oxygens (including phenoxy) is 1. The van der Waals surface area contributed by atoms with E-state index in [1.807, 2.05) is 36.4 Å². The van der Waals surface area contributed by atoms with Crippen LogP contribution in [0.15, 0.2) is 41.5 Å². The lowest BCUT2D eigenvalue weighted by atomic mass is 10.1. The molecule has 0 radical (unpaired) electrons. The summed E-state index contributed by atoms with van der Waals surface area (Å²) in [6, 6.07) is 11.9. The number of aliphatic hydroxyl groups is 1. The molecule has 3 rings (SSSR count). The molecular formula is C19H20ClN5O2. The highest BCUT2D eigenvalue weighted by Crippen LogP contribution is 2.28. The standard InChI is InChI=1S/C19H20ClN5O2/c1-2-19-23-17-9-14(11-27-12-26)16(20)10-18(17)25(19)15-5-3-13(4-6-15)7-8-22-24-21/h3-6,9-10,26H,2,7-8,11-12H2,1H3. The Morgan fingerprint density at radius 1 is 1.30 bits per heavy atom. The zero-order chi connectivity index (χ0) is 19.2. The van der Waals surface area contributed by atoms with Gasteiger partial charge in [-0.2, -0.15) is 0 Å². The summed E-state index contributed by atoms with van der Waals surface area (Å²) in [5.41, 5.74) is 13.0. The van der Waals surface area contributed by atoms with E-state index in [-0.39, 0.29) is 13.4 Å². The maximum Gasteiger partial charge on any atom is 0.144 e. The molecule has 0 saturated carbocycles. The van der Waals surface area contributed by atoms with Crippen LogP contribution in [-0.2, 0) is 24.2 Å². The van der Waals surface area contributed by atoms with Gasteiger partial charge in [0.2, 0.25) is 0 Å². The highest BCUT2D eigenvalue weighted by atomic mass is 35.5. The molecule has 140 valence electrons. The summed E-state index contributed by atoms with van der Waals surface area (Å²) in [5.74, 6) is 0.933. The SMILES string of the molecule is CCc1nc2cc(COCO)c(Cl)cc2n1-c1ccc(CCN=[N+]=[N-])cc1. The molecule has 0 unspecified atom stereocenters. The molecule has 3 aromatic rings. The van der Waals surface area contributed by atoms with Crippen molar-refractivity contribution >= 4 is 22.6 Å². The summed E-state index contributed by atoms with van der Waals surface area (Å²) < 4.78 is 7.15. The molecule has 0 aliphatic heterocycles. The smallest absolute Gasteiger partial charge is 0.144 e. The highest BCUT2D eigenvalue weighted by Gasteiger charge is 2.14. The molecule has 0 bridgehead atoms. The molecule has 27 heavy (non-hydrogen) atoms. The molecule has 0 aliphatic carbocycles. The van der Waals surface area contributed by atoms with Crippen LogP contribution in [0.1, 0.15) is 23.9 Å². The Morgan fingerprint density at radius 3 is 2.74 bits per heavy atom. The molecule has 1 heterocycles. The second kappa shape index (κ2) is 8.88. The Balaban J connectivity index is 1.99. The van der Waals surface area contributed by atoms with Gasteiger partial charge >= 0.3 is 0 Å². The van der Waals surface area contributed by atoms with Crippen molar-refractivity contribution in [3.63, 3.8) is 0 Å². The molecule has 8 heteroatoms. The molecular weight excluding hydrogens is 366 g/mol. The summed E-state index contributed by atoms with van der Waals surface area (Å²) in [6.07, 6.45) is 1.48. The predicted molar refractivity (Wildman–Crippen MR) is 105 cm³/mol. The van der Waals surface area contributed by atoms with Gasteiger partial charge in [0, 0.05) is 28.6 Å². The average molecular weight is 386 g/mol. The van der Waals surface area contributed by atoms with Gasteiger partial charge in [-0.25, -0.2) is 4.98 Å². The Morgan fingerprint density at radius 2 is 2.07 bits per heavy atom. The van der Waals surface area contributed by atoms with Crippen molar-refractivity contribution in [3.05, 3.63) is 68.8 Å². The van der Waals surface area contributed by atoms with Gasteiger partial charge in [-0.1, -0.05) is 35.8 Å². The fraction of sp³-hybridized carbons (Fsp3) is 0.316. The number of hydrogen-bond donors (Lipinski definition) is 1. The van der Waals surface area contributed by atoms with E-state index in [0.29, 0.717) is 18.0 Å². The number of rotatable bonds is 8. The van der Waals surface area contributed by atoms with Crippen LogP contribution in [0.3, 0.4) is 0 Å². The highest BCUT2D eigenvalue weighted by molar-refractivity contribution is 6.32. The van der Waals surface area contributed by atoms with E-state index < -0.39 is 0 Å². The lowest BCUT2D eigenvalue weighted by Crippen LogP contribution is -2.01. The first-order valence-corrected chi connectivity index (χ1v) is 9.04. The summed E-state index contributed by atoms with van der Waals surface area (Å²) in [6.45, 7) is 2.39. The number of azide groups is 1. The molecule has 2 aromatic carbocycles. The number of halogens is 1. The Hall–Kier alpha value is -2.57. The third-order valence-corrected chi connectivity index (χ3v) is 4.67. The predicted octanol–water partition coefficient (Wildman–Crippen LogP) is 4.56. The lowest BCUT2D eigenvalue weighted by molar-refractivity contribution is -0.0111. The quantitative estimate of drug-likeness (QED) is 0.266. The van der Waals surface area contributed by atoms with E-state index >= 15 is 0 Å². The van der Waals surface area contributed by atoms with E-state index in [1.54, 1.807) is 0 Å². The Labute approximate surface area is 161 Å². The van der Waals surface area contributed by atoms with Crippen LogP contribution in [0, 0.1) is 0 Å². The number of aryl methyl sites for hydroxylation is 1. The molecule has 0 aliphatic rings. The van der Waals surface area contributed by atoms with Crippen molar-refractivity contribution in [2.75, 3.05) is 13.3 Å². The molecule has 0 spiro atoms. The van der Waals surface area contributed by atoms with Gasteiger partial charge in [0.25, 0.3) is 0 Å². The number of imidazole rings is 1. The third kappa shape index (κ3) is 4.23. The fourth-order valence-corrected chi connectivity index (χ4v) is 3.23. The number of benzene rings is 2. The van der Waals surface area contributed by atoms with Crippen LogP contribution in [0.2, 0.25) is 5.02 Å². The van der Waals surface area contributed by atoms with Gasteiger partial charge < -0.3 is 9.84 Å². The molecule has 7 nitrogen and oxygen atoms in total. The number of aliphatic hydroxyl groups excluding tert-OH is 1. The van der Waals surface area contributed by atoms with Gasteiger partial charge in [-0.05, 0) is 47.3 Å². The maximum atomic E-state index is 8.85. The van der Waals surface area contributed by atoms with Crippen LogP contribution < -0.4 is 0 Å². The maximum absolute atomic E-state index is 8.85. The van der Waals surface area contributed by atoms with Crippen molar-refractivity contribution in [2.45, 2.75) is 26.4 Å². The molecule has 0 saturated heterocycles. The topological polar surface area (TPSA) is 96.0 Å². The zero-order valence-electron chi connectivity index (χ0n) is 15.0. The number of aromatic nitrogens is 2. The second-order valence-electron chi connectivity index (χ2n) is 6.00. The van der Waals surface area contributed by atoms with Crippen molar-refractivity contribution in [1.29, 1.82) is 0 Å². The molecule has 0 amide bonds. The van der Waals surface area contributed by atoms with E-state index in [2.05, 4.69) is 21.5 Å². The normalized spacial score (nSPS) is 10.9. The lowest BCUT2D eigenvalue weighted by Gasteiger charge is -2.10. The first-order valence-electron chi connectivity index (χ1n) is 8.66. The van der Waals surface area contributed by atoms with Crippen molar-refractivity contribution < 1.29 is 9.84 Å². The number of hydrogen-bond acceptors (Lipinski definition) is 4. The van der Waals surface area contributed by atoms with E-state index in [9.17, 15) is 0 Å². The zero-order valence-corrected chi connectivity index (χ0v) is 15.7. The van der Waals surface area contributed by atoms with E-state index in [0.717, 1.165) is 40.1 Å². The minimum Gasteiger partial charge on any atom is -0.371 e. The fourth-order valence-electron chi connectivity index (χ4n) is 3.02. The van der Waals surface area contributed by atoms with Crippen LogP contribution >= 0.6 is 11.6 Å². The average Bonchev–Trinajstić information content (AvgIpc) is 3.04. The van der Waals surface area contributed by atoms with Crippen LogP contribution in [0.5, 0.6) is 0 Å². The molecule has 1 N–H and O–H groups in total. The largest absolute Gasteiger partial charge is 0.371 e. The first kappa shape index (κ1) is 19.2. The second-order valence-corrected chi connectivity index (χ2v) is 6.41. The monoisotopic (exact) mass is 385 g/mol. The first-order chi connectivity index (χ1) is 13.2. The van der Waals surface area contributed by atoms with E-state index in [4.69, 9.17) is 32.0 Å². The van der Waals surface area contributed by atoms with Gasteiger partial charge in [0.15, 0.2) is 0 Å². The van der Waals surface area contributed by atoms with Crippen molar-refractivity contribution in [2.24, 2.45) is 5.11 Å². The summed E-state index contributed by atoms with van der Waals surface area (Å²) in [5, 5.41) is 13.0. The summed E-state index contributed by atoms with van der Waals surface area (Å²) in [4.78, 5) is 7.51. The summed E-state index contributed by atoms with van der Waals surface area (Å²) in [7, 11) is 0. The van der Waals surface area contributed by atoms with Gasteiger partial charge in [0.05, 0.1) is 17.6 Å². The molecule has 0 atom stereocenters. The van der Waals surface area contributed by atoms with Crippen LogP contribution in [-0.4, -0.2) is 28.0 Å². The number of nitrogens with zero attached hydrogens (tertiary/aromatic N) is 5. The Kier molecular flexibility index (Phi) is 6.32. The van der Waals surface area contributed by atoms with Crippen molar-refractivity contribution in [1.82, 2.24) is 9.55 Å². The van der Waals surface area contributed by atoms with Gasteiger partial charge in [-0.15, -0.1) is 0 Å². The van der Waals surface area contributed by atoms with Gasteiger partial charge in [0.1, 0.15) is 12.6 Å². The van der Waals surface area contributed by atoms with Crippen molar-refractivity contribution in [3.8, 4) is 5.69 Å². The van der Waals surface area contributed by atoms with Crippen LogP contribution in [0.25, 0.3) is 27.2 Å².